The maximum Gasteiger partial charge on any atom is 0.222 e. The first kappa shape index (κ1) is 15.0. The highest BCUT2D eigenvalue weighted by atomic mass is 16.2. The number of benzene rings is 1. The molecule has 0 aliphatic carbocycles. The van der Waals surface area contributed by atoms with Gasteiger partial charge in [-0.15, -0.1) is 0 Å². The third-order valence-electron chi connectivity index (χ3n) is 4.17. The predicted octanol–water partition coefficient (Wildman–Crippen LogP) is 2.90. The van der Waals surface area contributed by atoms with Gasteiger partial charge in [0.25, 0.3) is 0 Å². The van der Waals surface area contributed by atoms with E-state index in [0.29, 0.717) is 11.8 Å². The molecule has 3 heteroatoms. The average Bonchev–Trinajstić information content (AvgIpc) is 2.79. The number of nitrogens with zero attached hydrogens (tertiary/aromatic N) is 1. The smallest absolute Gasteiger partial charge is 0.222 e. The molecule has 0 saturated carbocycles. The average molecular weight is 274 g/mol. The van der Waals surface area contributed by atoms with Gasteiger partial charge in [-0.1, -0.05) is 50.1 Å². The van der Waals surface area contributed by atoms with Crippen molar-refractivity contribution in [2.75, 3.05) is 19.6 Å². The molecule has 1 aromatic carbocycles. The highest BCUT2D eigenvalue weighted by Crippen LogP contribution is 2.24. The Balaban J connectivity index is 2.08. The summed E-state index contributed by atoms with van der Waals surface area (Å²) < 4.78 is 0. The molecule has 1 N–H and O–H groups in total. The van der Waals surface area contributed by atoms with Crippen molar-refractivity contribution in [3.8, 4) is 0 Å². The molecule has 2 unspecified atom stereocenters. The van der Waals surface area contributed by atoms with E-state index >= 15 is 0 Å². The zero-order valence-electron chi connectivity index (χ0n) is 12.9. The minimum Gasteiger partial charge on any atom is -0.340 e. The third-order valence-corrected chi connectivity index (χ3v) is 4.17. The Morgan fingerprint density at radius 2 is 2.20 bits per heavy atom. The Morgan fingerprint density at radius 1 is 1.40 bits per heavy atom. The number of carbonyl (C=O) groups excluding carboxylic acids is 1. The van der Waals surface area contributed by atoms with Crippen molar-refractivity contribution < 1.29 is 4.79 Å². The number of likely N-dealkylation sites (N-methyl/N-ethyl adjacent to an activating group) is 1. The van der Waals surface area contributed by atoms with E-state index in [2.05, 4.69) is 50.4 Å². The van der Waals surface area contributed by atoms with Gasteiger partial charge in [-0.2, -0.15) is 0 Å². The summed E-state index contributed by atoms with van der Waals surface area (Å²) >= 11 is 0. The van der Waals surface area contributed by atoms with Gasteiger partial charge in [-0.05, 0) is 24.9 Å². The van der Waals surface area contributed by atoms with E-state index in [1.165, 1.54) is 11.1 Å². The highest BCUT2D eigenvalue weighted by Gasteiger charge is 2.30. The summed E-state index contributed by atoms with van der Waals surface area (Å²) in [7, 11) is 0. The first-order valence-corrected chi connectivity index (χ1v) is 7.71. The molecular weight excluding hydrogens is 248 g/mol. The molecule has 0 spiro atoms. The number of aryl methyl sites for hydroxylation is 1. The molecule has 1 aliphatic rings. The van der Waals surface area contributed by atoms with Crippen LogP contribution in [0.3, 0.4) is 0 Å². The first-order valence-electron chi connectivity index (χ1n) is 7.71. The lowest BCUT2D eigenvalue weighted by atomic mass is 10.0. The van der Waals surface area contributed by atoms with Crippen LogP contribution >= 0.6 is 0 Å². The Morgan fingerprint density at radius 3 is 2.80 bits per heavy atom. The van der Waals surface area contributed by atoms with Crippen LogP contribution in [-0.2, 0) is 4.79 Å². The van der Waals surface area contributed by atoms with Crippen LogP contribution in [0.5, 0.6) is 0 Å². The van der Waals surface area contributed by atoms with E-state index in [4.69, 9.17) is 0 Å². The molecule has 110 valence electrons. The molecule has 1 fully saturated rings. The molecule has 1 aromatic rings. The zero-order chi connectivity index (χ0) is 14.5. The number of likely N-dealkylation sites (tertiary alicyclic amines) is 1. The van der Waals surface area contributed by atoms with Gasteiger partial charge in [0.1, 0.15) is 0 Å². The fourth-order valence-corrected chi connectivity index (χ4v) is 2.95. The minimum absolute atomic E-state index is 0.236. The van der Waals surface area contributed by atoms with Gasteiger partial charge < -0.3 is 10.2 Å². The largest absolute Gasteiger partial charge is 0.340 e. The van der Waals surface area contributed by atoms with Crippen molar-refractivity contribution in [3.63, 3.8) is 0 Å². The van der Waals surface area contributed by atoms with Gasteiger partial charge in [0.2, 0.25) is 5.91 Å². The van der Waals surface area contributed by atoms with E-state index in [0.717, 1.165) is 32.5 Å². The normalized spacial score (nSPS) is 20.4. The molecule has 0 radical (unpaired) electrons. The van der Waals surface area contributed by atoms with E-state index in [1.54, 1.807) is 0 Å². The monoisotopic (exact) mass is 274 g/mol. The Hall–Kier alpha value is -1.35. The summed E-state index contributed by atoms with van der Waals surface area (Å²) in [4.78, 5) is 14.1. The predicted molar refractivity (Wildman–Crippen MR) is 82.6 cm³/mol. The molecule has 1 saturated heterocycles. The quantitative estimate of drug-likeness (QED) is 0.865. The SMILES string of the molecule is CCNC(CN1CC(CC)CC1=O)c1cccc(C)c1. The molecule has 0 bridgehead atoms. The zero-order valence-corrected chi connectivity index (χ0v) is 12.9. The lowest BCUT2D eigenvalue weighted by Gasteiger charge is -2.25. The van der Waals surface area contributed by atoms with Crippen LogP contribution in [-0.4, -0.2) is 30.4 Å². The summed E-state index contributed by atoms with van der Waals surface area (Å²) in [6, 6.07) is 8.80. The van der Waals surface area contributed by atoms with Gasteiger partial charge in [0, 0.05) is 25.6 Å². The van der Waals surface area contributed by atoms with E-state index in [-0.39, 0.29) is 6.04 Å². The summed E-state index contributed by atoms with van der Waals surface area (Å²) in [6.45, 7) is 9.02. The molecule has 1 amide bonds. The van der Waals surface area contributed by atoms with Crippen LogP contribution in [0.15, 0.2) is 24.3 Å². The second-order valence-electron chi connectivity index (χ2n) is 5.80. The number of carbonyl (C=O) groups is 1. The first-order chi connectivity index (χ1) is 9.63. The number of amides is 1. The van der Waals surface area contributed by atoms with E-state index < -0.39 is 0 Å². The summed E-state index contributed by atoms with van der Waals surface area (Å²) in [6.07, 6.45) is 1.82. The van der Waals surface area contributed by atoms with Crippen LogP contribution in [0.4, 0.5) is 0 Å². The Kier molecular flexibility index (Phi) is 5.18. The molecule has 0 aromatic heterocycles. The van der Waals surface area contributed by atoms with Crippen molar-refractivity contribution in [2.24, 2.45) is 5.92 Å². The van der Waals surface area contributed by atoms with Crippen LogP contribution in [0.2, 0.25) is 0 Å². The Bertz CT molecular complexity index is 458. The lowest BCUT2D eigenvalue weighted by molar-refractivity contribution is -0.128. The van der Waals surface area contributed by atoms with Crippen molar-refractivity contribution >= 4 is 5.91 Å². The second-order valence-corrected chi connectivity index (χ2v) is 5.80. The number of nitrogens with one attached hydrogen (secondary N) is 1. The molecule has 20 heavy (non-hydrogen) atoms. The molecule has 2 rings (SSSR count). The van der Waals surface area contributed by atoms with Gasteiger partial charge in [0.15, 0.2) is 0 Å². The standard InChI is InChI=1S/C17H26N2O/c1-4-14-10-17(20)19(11-14)12-16(18-5-2)15-8-6-7-13(3)9-15/h6-9,14,16,18H,4-5,10-12H2,1-3H3. The van der Waals surface area contributed by atoms with Crippen LogP contribution in [0, 0.1) is 12.8 Å². The molecule has 1 heterocycles. The van der Waals surface area contributed by atoms with Gasteiger partial charge in [-0.25, -0.2) is 0 Å². The highest BCUT2D eigenvalue weighted by molar-refractivity contribution is 5.78. The fraction of sp³-hybridized carbons (Fsp3) is 0.588. The van der Waals surface area contributed by atoms with E-state index in [1.807, 2.05) is 4.90 Å². The molecule has 3 nitrogen and oxygen atoms in total. The summed E-state index contributed by atoms with van der Waals surface area (Å²) in [5, 5.41) is 3.51. The van der Waals surface area contributed by atoms with Crippen molar-refractivity contribution in [2.45, 2.75) is 39.7 Å². The molecule has 1 aliphatic heterocycles. The topological polar surface area (TPSA) is 32.3 Å². The van der Waals surface area contributed by atoms with Crippen molar-refractivity contribution in [1.82, 2.24) is 10.2 Å². The summed E-state index contributed by atoms with van der Waals surface area (Å²) in [5.74, 6) is 0.856. The van der Waals surface area contributed by atoms with Crippen LogP contribution in [0.25, 0.3) is 0 Å². The van der Waals surface area contributed by atoms with E-state index in [9.17, 15) is 4.79 Å². The third kappa shape index (κ3) is 3.60. The molecule has 2 atom stereocenters. The lowest BCUT2D eigenvalue weighted by Crippen LogP contribution is -2.36. The number of hydrogen-bond acceptors (Lipinski definition) is 2. The summed E-state index contributed by atoms with van der Waals surface area (Å²) in [5.41, 5.74) is 2.55. The maximum absolute atomic E-state index is 12.1. The fourth-order valence-electron chi connectivity index (χ4n) is 2.95. The Labute approximate surface area is 122 Å². The number of rotatable bonds is 6. The van der Waals surface area contributed by atoms with Crippen LogP contribution < -0.4 is 5.32 Å². The van der Waals surface area contributed by atoms with Crippen molar-refractivity contribution in [3.05, 3.63) is 35.4 Å². The second kappa shape index (κ2) is 6.89. The minimum atomic E-state index is 0.236. The van der Waals surface area contributed by atoms with Gasteiger partial charge >= 0.3 is 0 Å². The van der Waals surface area contributed by atoms with Gasteiger partial charge in [0.05, 0.1) is 0 Å². The maximum atomic E-state index is 12.1. The van der Waals surface area contributed by atoms with Gasteiger partial charge in [-0.3, -0.25) is 4.79 Å². The van der Waals surface area contributed by atoms with Crippen molar-refractivity contribution in [1.29, 1.82) is 0 Å². The van der Waals surface area contributed by atoms with Crippen LogP contribution in [0.1, 0.15) is 43.9 Å². The number of hydrogen-bond donors (Lipinski definition) is 1. The molecular formula is C17H26N2O.